The van der Waals surface area contributed by atoms with Crippen LogP contribution in [0, 0.1) is 0 Å². The Morgan fingerprint density at radius 2 is 1.09 bits per heavy atom. The van der Waals surface area contributed by atoms with Crippen molar-refractivity contribution in [1.29, 1.82) is 0 Å². The van der Waals surface area contributed by atoms with Gasteiger partial charge in [-0.25, -0.2) is 9.59 Å². The molecule has 186 valence electrons. The Morgan fingerprint density at radius 3 is 1.47 bits per heavy atom. The van der Waals surface area contributed by atoms with E-state index >= 15 is 0 Å². The quantitative estimate of drug-likeness (QED) is 0.136. The number of hydrogen-bond acceptors (Lipinski definition) is 10. The Hall–Kier alpha value is -2.68. The minimum atomic E-state index is -2.19. The van der Waals surface area contributed by atoms with Gasteiger partial charge in [0.25, 0.3) is 11.8 Å². The summed E-state index contributed by atoms with van der Waals surface area (Å²) in [5.74, 6) is -2.20. The zero-order valence-corrected chi connectivity index (χ0v) is 18.6. The number of alkyl carbamates (subject to hydrolysis) is 2. The standard InChI is InChI=1S/C18H34N4O10/c1-5-31-16(29)21-8-6-19-14(27)12(25)10(23)11(24)13(26)15(28)20-7-9-22-17(30)32-18(2,3)4/h10-13,23-26H,5-9H2,1-4H3,(H,19,27)(H,20,28)(H,21,29)(H,22,30). The SMILES string of the molecule is CCOC(=O)NCCNC(=O)C(O)C(O)C(O)C(O)C(=O)NCCNC(=O)OC(C)(C)C. The van der Waals surface area contributed by atoms with E-state index in [4.69, 9.17) is 4.74 Å². The highest BCUT2D eigenvalue weighted by molar-refractivity contribution is 5.83. The summed E-state index contributed by atoms with van der Waals surface area (Å²) in [4.78, 5) is 46.2. The zero-order valence-electron chi connectivity index (χ0n) is 18.6. The molecule has 8 N–H and O–H groups in total. The zero-order chi connectivity index (χ0) is 24.9. The molecule has 14 nitrogen and oxygen atoms in total. The number of carbonyl (C=O) groups is 4. The number of hydrogen-bond donors (Lipinski definition) is 8. The molecule has 4 atom stereocenters. The van der Waals surface area contributed by atoms with E-state index in [1.165, 1.54) is 0 Å². The fourth-order valence-corrected chi connectivity index (χ4v) is 2.09. The summed E-state index contributed by atoms with van der Waals surface area (Å²) in [7, 11) is 0. The van der Waals surface area contributed by atoms with E-state index in [9.17, 15) is 39.6 Å². The third-order valence-electron chi connectivity index (χ3n) is 3.60. The number of ether oxygens (including phenoxy) is 2. The van der Waals surface area contributed by atoms with Crippen LogP contribution >= 0.6 is 0 Å². The summed E-state index contributed by atoms with van der Waals surface area (Å²) in [5.41, 5.74) is -0.700. The average Bonchev–Trinajstić information content (AvgIpc) is 2.70. The lowest BCUT2D eigenvalue weighted by molar-refractivity contribution is -0.155. The van der Waals surface area contributed by atoms with Gasteiger partial charge in [0.1, 0.15) is 17.8 Å². The van der Waals surface area contributed by atoms with Gasteiger partial charge in [-0.05, 0) is 27.7 Å². The number of carbonyl (C=O) groups excluding carboxylic acids is 4. The predicted molar refractivity (Wildman–Crippen MR) is 109 cm³/mol. The predicted octanol–water partition coefficient (Wildman–Crippen LogP) is -3.07. The van der Waals surface area contributed by atoms with Crippen molar-refractivity contribution in [1.82, 2.24) is 21.3 Å². The summed E-state index contributed by atoms with van der Waals surface area (Å²) >= 11 is 0. The highest BCUT2D eigenvalue weighted by Crippen LogP contribution is 2.07. The second-order valence-electron chi connectivity index (χ2n) is 7.53. The highest BCUT2D eigenvalue weighted by atomic mass is 16.6. The van der Waals surface area contributed by atoms with Crippen LogP contribution in [0.15, 0.2) is 0 Å². The maximum atomic E-state index is 11.9. The molecule has 0 spiro atoms. The third kappa shape index (κ3) is 12.2. The van der Waals surface area contributed by atoms with Crippen LogP contribution < -0.4 is 21.3 Å². The van der Waals surface area contributed by atoms with Gasteiger partial charge >= 0.3 is 12.2 Å². The molecule has 4 unspecified atom stereocenters. The topological polar surface area (TPSA) is 216 Å². The lowest BCUT2D eigenvalue weighted by Crippen LogP contribution is -2.55. The maximum absolute atomic E-state index is 11.9. The largest absolute Gasteiger partial charge is 0.450 e. The molecule has 0 fully saturated rings. The summed E-state index contributed by atoms with van der Waals surface area (Å²) < 4.78 is 9.59. The van der Waals surface area contributed by atoms with E-state index in [-0.39, 0.29) is 32.8 Å². The summed E-state index contributed by atoms with van der Waals surface area (Å²) in [6.45, 7) is 6.47. The van der Waals surface area contributed by atoms with Gasteiger partial charge in [-0.15, -0.1) is 0 Å². The third-order valence-corrected chi connectivity index (χ3v) is 3.60. The minimum Gasteiger partial charge on any atom is -0.450 e. The summed E-state index contributed by atoms with van der Waals surface area (Å²) in [6, 6.07) is 0. The molecule has 0 aliphatic rings. The number of amides is 4. The molecule has 0 radical (unpaired) electrons. The molecule has 0 heterocycles. The van der Waals surface area contributed by atoms with Crippen LogP contribution in [0.3, 0.4) is 0 Å². The van der Waals surface area contributed by atoms with Crippen LogP contribution in [-0.4, -0.2) is 107 Å². The van der Waals surface area contributed by atoms with E-state index in [2.05, 4.69) is 26.0 Å². The molecule has 14 heteroatoms. The number of aliphatic hydroxyl groups is 4. The van der Waals surface area contributed by atoms with Gasteiger partial charge in [0.05, 0.1) is 6.61 Å². The van der Waals surface area contributed by atoms with Crippen LogP contribution in [0.5, 0.6) is 0 Å². The van der Waals surface area contributed by atoms with Gasteiger partial charge in [0.15, 0.2) is 12.2 Å². The van der Waals surface area contributed by atoms with Crippen LogP contribution in [0.4, 0.5) is 9.59 Å². The van der Waals surface area contributed by atoms with Gasteiger partial charge in [-0.1, -0.05) is 0 Å². The Kier molecular flexibility index (Phi) is 13.2. The number of aliphatic hydroxyl groups excluding tert-OH is 4. The van der Waals surface area contributed by atoms with Gasteiger partial charge in [-0.3, -0.25) is 9.59 Å². The first-order valence-corrected chi connectivity index (χ1v) is 9.95. The van der Waals surface area contributed by atoms with Crippen molar-refractivity contribution in [2.45, 2.75) is 57.7 Å². The van der Waals surface area contributed by atoms with Gasteiger partial charge < -0.3 is 51.2 Å². The molecule has 0 aliphatic heterocycles. The fourth-order valence-electron chi connectivity index (χ4n) is 2.09. The van der Waals surface area contributed by atoms with Crippen LogP contribution in [0.25, 0.3) is 0 Å². The molecule has 0 rings (SSSR count). The molecular formula is C18H34N4O10. The fraction of sp³-hybridized carbons (Fsp3) is 0.778. The smallest absolute Gasteiger partial charge is 0.407 e. The first kappa shape index (κ1) is 29.3. The maximum Gasteiger partial charge on any atom is 0.407 e. The van der Waals surface area contributed by atoms with Crippen molar-refractivity contribution >= 4 is 24.0 Å². The molecule has 0 aromatic carbocycles. The van der Waals surface area contributed by atoms with Crippen molar-refractivity contribution in [3.8, 4) is 0 Å². The Balaban J connectivity index is 4.34. The van der Waals surface area contributed by atoms with Crippen LogP contribution in [0.1, 0.15) is 27.7 Å². The molecule has 0 aromatic rings. The van der Waals surface area contributed by atoms with Crippen molar-refractivity contribution in [2.75, 3.05) is 32.8 Å². The van der Waals surface area contributed by atoms with Crippen molar-refractivity contribution < 1.29 is 49.1 Å². The molecular weight excluding hydrogens is 432 g/mol. The lowest BCUT2D eigenvalue weighted by atomic mass is 10.0. The van der Waals surface area contributed by atoms with Crippen LogP contribution in [-0.2, 0) is 19.1 Å². The van der Waals surface area contributed by atoms with E-state index in [0.29, 0.717) is 0 Å². The molecule has 0 saturated carbocycles. The monoisotopic (exact) mass is 466 g/mol. The average molecular weight is 466 g/mol. The Morgan fingerprint density at radius 1 is 0.719 bits per heavy atom. The van der Waals surface area contributed by atoms with E-state index in [0.717, 1.165) is 0 Å². The van der Waals surface area contributed by atoms with E-state index in [1.807, 2.05) is 0 Å². The first-order chi connectivity index (χ1) is 14.8. The van der Waals surface area contributed by atoms with E-state index in [1.54, 1.807) is 27.7 Å². The molecule has 0 aliphatic carbocycles. The Labute approximate surface area is 185 Å². The van der Waals surface area contributed by atoms with E-state index < -0.39 is 54.0 Å². The van der Waals surface area contributed by atoms with Gasteiger partial charge in [-0.2, -0.15) is 0 Å². The normalized spacial score (nSPS) is 14.9. The summed E-state index contributed by atoms with van der Waals surface area (Å²) in [6.07, 6.45) is -10.1. The van der Waals surface area contributed by atoms with Crippen molar-refractivity contribution in [2.24, 2.45) is 0 Å². The highest BCUT2D eigenvalue weighted by Gasteiger charge is 2.37. The number of nitrogens with one attached hydrogen (secondary N) is 4. The first-order valence-electron chi connectivity index (χ1n) is 9.95. The molecule has 0 bridgehead atoms. The van der Waals surface area contributed by atoms with Gasteiger partial charge in [0, 0.05) is 26.2 Å². The lowest BCUT2D eigenvalue weighted by Gasteiger charge is -2.25. The van der Waals surface area contributed by atoms with Crippen LogP contribution in [0.2, 0.25) is 0 Å². The molecule has 32 heavy (non-hydrogen) atoms. The Bertz CT molecular complexity index is 625. The molecule has 4 amide bonds. The molecule has 0 saturated heterocycles. The second kappa shape index (κ2) is 14.4. The van der Waals surface area contributed by atoms with Crippen molar-refractivity contribution in [3.63, 3.8) is 0 Å². The second-order valence-corrected chi connectivity index (χ2v) is 7.53. The molecule has 0 aromatic heterocycles. The summed E-state index contributed by atoms with van der Waals surface area (Å²) in [5, 5.41) is 48.5. The van der Waals surface area contributed by atoms with Gasteiger partial charge in [0.2, 0.25) is 0 Å². The number of rotatable bonds is 12. The van der Waals surface area contributed by atoms with Crippen molar-refractivity contribution in [3.05, 3.63) is 0 Å². The minimum absolute atomic E-state index is 0.0295.